The van der Waals surface area contributed by atoms with Crippen molar-refractivity contribution in [1.29, 1.82) is 0 Å². The first-order valence-corrected chi connectivity index (χ1v) is 30.1. The molecule has 11 aromatic rings. The highest BCUT2D eigenvalue weighted by molar-refractivity contribution is 6.15. The van der Waals surface area contributed by atoms with Crippen LogP contribution in [0.3, 0.4) is 0 Å². The summed E-state index contributed by atoms with van der Waals surface area (Å²) >= 11 is 0. The van der Waals surface area contributed by atoms with Gasteiger partial charge in [-0.15, -0.1) is 0 Å². The molecule has 460 valence electrons. The molecule has 0 radical (unpaired) electrons. The van der Waals surface area contributed by atoms with Crippen LogP contribution in [0.15, 0.2) is 188 Å². The summed E-state index contributed by atoms with van der Waals surface area (Å²) in [6.45, 7) is 10.5. The number of carbonyl (C=O) groups excluding carboxylic acids is 3. The molecule has 0 saturated heterocycles. The Hall–Kier alpha value is -9.74. The number of rotatable bonds is 15. The van der Waals surface area contributed by atoms with Gasteiger partial charge in [-0.25, -0.2) is 13.2 Å². The Morgan fingerprint density at radius 1 is 0.494 bits per heavy atom. The van der Waals surface area contributed by atoms with E-state index in [0.717, 1.165) is 42.4 Å². The molecule has 12 rings (SSSR count). The fourth-order valence-corrected chi connectivity index (χ4v) is 10.7. The average Bonchev–Trinajstić information content (AvgIpc) is 2.52. The Bertz CT molecular complexity index is 4140. The van der Waals surface area contributed by atoms with E-state index >= 15 is 0 Å². The van der Waals surface area contributed by atoms with Gasteiger partial charge in [0.15, 0.2) is 0 Å². The number of hydrogen-bond donors (Lipinski definition) is 9. The Balaban J connectivity index is 0.000000168. The van der Waals surface area contributed by atoms with Crippen molar-refractivity contribution >= 4 is 61.8 Å². The fraction of sp³-hybridized carbons (Fsp3) is 0.219. The van der Waals surface area contributed by atoms with Crippen molar-refractivity contribution < 1.29 is 47.6 Å². The molecule has 16 heteroatoms. The molecule has 0 atom stereocenters. The second kappa shape index (κ2) is 31.3. The van der Waals surface area contributed by atoms with Crippen molar-refractivity contribution in [3.05, 3.63) is 234 Å². The summed E-state index contributed by atoms with van der Waals surface area (Å²) in [4.78, 5) is 48.4. The third kappa shape index (κ3) is 16.1. The summed E-state index contributed by atoms with van der Waals surface area (Å²) < 4.78 is 47.3. The number of amides is 3. The van der Waals surface area contributed by atoms with Crippen molar-refractivity contribution in [3.8, 4) is 39.1 Å². The predicted molar refractivity (Wildman–Crippen MR) is 351 cm³/mol. The highest BCUT2D eigenvalue weighted by Gasteiger charge is 2.31. The van der Waals surface area contributed by atoms with E-state index in [1.54, 1.807) is 60.7 Å². The zero-order chi connectivity index (χ0) is 63.5. The van der Waals surface area contributed by atoms with Gasteiger partial charge in [-0.1, -0.05) is 157 Å². The zero-order valence-corrected chi connectivity index (χ0v) is 50.6. The molecule has 0 aliphatic heterocycles. The van der Waals surface area contributed by atoms with Crippen LogP contribution >= 0.6 is 0 Å². The highest BCUT2D eigenvalue weighted by Crippen LogP contribution is 2.37. The molecule has 89 heavy (non-hydrogen) atoms. The number of anilines is 2. The van der Waals surface area contributed by atoms with E-state index in [0.29, 0.717) is 114 Å². The number of aliphatic hydroxyl groups is 3. The summed E-state index contributed by atoms with van der Waals surface area (Å²) in [5, 5.41) is 40.1. The van der Waals surface area contributed by atoms with Gasteiger partial charge in [0.05, 0.1) is 25.4 Å². The Kier molecular flexibility index (Phi) is 22.9. The number of fused-ring (bicyclic) bond motifs is 3. The van der Waals surface area contributed by atoms with E-state index in [1.165, 1.54) is 36.4 Å². The second-order valence-electron chi connectivity index (χ2n) is 20.9. The highest BCUT2D eigenvalue weighted by atomic mass is 19.1. The van der Waals surface area contributed by atoms with Crippen LogP contribution in [0.4, 0.5) is 24.5 Å². The Labute approximate surface area is 516 Å². The number of aliphatic hydroxyl groups excluding tert-OH is 2. The monoisotopic (exact) mass is 1200 g/mol. The number of hydrogen-bond acceptors (Lipinski definition) is 7. The molecule has 1 fully saturated rings. The number of halogens is 3. The van der Waals surface area contributed by atoms with Crippen molar-refractivity contribution in [2.24, 2.45) is 0 Å². The third-order valence-electron chi connectivity index (χ3n) is 14.8. The summed E-state index contributed by atoms with van der Waals surface area (Å²) in [6.07, 6.45) is 5.35. The minimum atomic E-state index is -0.834. The molecule has 1 aliphatic rings. The maximum absolute atomic E-state index is 13.9. The first-order chi connectivity index (χ1) is 43.3. The SMILES string of the molecule is CC.CC.CCCOc1ccc(NC(=O)c2[nH]c3ccc(F)cc3c2-c2ccccc2)cc1CO.O=C(NCC1(O)CCCCC1)c1[nH]c2ccc(F)cc2c1-c1ccccc1.O=C(Nc1cccc(CO)c1)c1[nH]c2ccc(F)cc2c1-c1ccccc1. The first kappa shape index (κ1) is 65.2. The molecule has 1 aliphatic carbocycles. The average molecular weight is 1210 g/mol. The third-order valence-corrected chi connectivity index (χ3v) is 14.8. The van der Waals surface area contributed by atoms with Crippen LogP contribution in [0.1, 0.15) is 116 Å². The van der Waals surface area contributed by atoms with Gasteiger partial charge in [-0.2, -0.15) is 0 Å². The lowest BCUT2D eigenvalue weighted by Gasteiger charge is -2.32. The summed E-state index contributed by atoms with van der Waals surface area (Å²) in [5.74, 6) is -1.46. The van der Waals surface area contributed by atoms with Crippen molar-refractivity contribution in [2.75, 3.05) is 23.8 Å². The molecule has 9 N–H and O–H groups in total. The predicted octanol–water partition coefficient (Wildman–Crippen LogP) is 16.7. The summed E-state index contributed by atoms with van der Waals surface area (Å²) in [7, 11) is 0. The molecule has 0 unspecified atom stereocenters. The molecule has 0 spiro atoms. The van der Waals surface area contributed by atoms with Crippen molar-refractivity contribution in [1.82, 2.24) is 20.3 Å². The molecule has 3 amide bonds. The van der Waals surface area contributed by atoms with Crippen LogP contribution in [-0.2, 0) is 13.2 Å². The number of H-pyrrole nitrogens is 3. The molecule has 3 aromatic heterocycles. The van der Waals surface area contributed by atoms with Gasteiger partial charge < -0.3 is 51.0 Å². The maximum Gasteiger partial charge on any atom is 0.272 e. The zero-order valence-electron chi connectivity index (χ0n) is 50.6. The largest absolute Gasteiger partial charge is 0.493 e. The van der Waals surface area contributed by atoms with Crippen LogP contribution < -0.4 is 20.7 Å². The van der Waals surface area contributed by atoms with E-state index in [2.05, 4.69) is 30.9 Å². The number of aromatic amines is 3. The normalized spacial score (nSPS) is 12.2. The standard InChI is InChI=1S/C25H23FN2O3.C22H23FN2O2.C22H17FN2O2.2C2H6/c1-2-12-31-22-11-9-19(13-17(22)15-29)27-25(30)24-23(16-6-4-3-5-7-16)20-14-18(26)8-10-21(20)28-24;23-16-9-10-18-17(13-16)19(15-7-3-1-4-8-15)20(25-18)21(26)24-14-22(27)11-5-2-6-12-22;23-16-9-10-19-18(12-16)20(15-6-2-1-3-7-15)21(25-19)22(27)24-17-8-4-5-14(11-17)13-26;2*1-2/h3-11,13-14,28-29H,2,12,15H2,1H3,(H,27,30);1,3-4,7-10,13,25,27H,2,5-6,11-12,14H2,(H,24,26);1-12,25-26H,13H2,(H,24,27);2*1-2H3. The Morgan fingerprint density at radius 2 is 0.921 bits per heavy atom. The number of ether oxygens (including phenoxy) is 1. The number of nitrogens with one attached hydrogen (secondary N) is 6. The molecular formula is C73H75F3N6O7. The molecule has 1 saturated carbocycles. The van der Waals surface area contributed by atoms with E-state index in [9.17, 15) is 42.9 Å². The number of benzene rings is 8. The fourth-order valence-electron chi connectivity index (χ4n) is 10.7. The van der Waals surface area contributed by atoms with Gasteiger partial charge in [0, 0.05) is 72.9 Å². The lowest BCUT2D eigenvalue weighted by atomic mass is 9.85. The molecule has 0 bridgehead atoms. The summed E-state index contributed by atoms with van der Waals surface area (Å²) in [5.41, 5.74) is 9.16. The van der Waals surface area contributed by atoms with E-state index in [-0.39, 0.29) is 54.9 Å². The van der Waals surface area contributed by atoms with Crippen LogP contribution in [0.5, 0.6) is 5.75 Å². The van der Waals surface area contributed by atoms with Crippen molar-refractivity contribution in [2.45, 2.75) is 92.0 Å². The van der Waals surface area contributed by atoms with Gasteiger partial charge in [0.1, 0.15) is 40.3 Å². The van der Waals surface area contributed by atoms with Crippen LogP contribution in [0, 0.1) is 17.5 Å². The smallest absolute Gasteiger partial charge is 0.272 e. The number of aromatic nitrogens is 3. The van der Waals surface area contributed by atoms with Gasteiger partial charge in [-0.05, 0) is 126 Å². The van der Waals surface area contributed by atoms with Gasteiger partial charge in [-0.3, -0.25) is 14.4 Å². The quantitative estimate of drug-likeness (QED) is 0.0485. The van der Waals surface area contributed by atoms with Crippen LogP contribution in [0.25, 0.3) is 66.1 Å². The topological polar surface area (TPSA) is 205 Å². The van der Waals surface area contributed by atoms with Crippen LogP contribution in [-0.4, -0.2) is 66.7 Å². The van der Waals surface area contributed by atoms with Crippen LogP contribution in [0.2, 0.25) is 0 Å². The van der Waals surface area contributed by atoms with Gasteiger partial charge >= 0.3 is 0 Å². The van der Waals surface area contributed by atoms with Crippen molar-refractivity contribution in [3.63, 3.8) is 0 Å². The molecule has 3 heterocycles. The molecule has 13 nitrogen and oxygen atoms in total. The van der Waals surface area contributed by atoms with E-state index in [4.69, 9.17) is 4.74 Å². The Morgan fingerprint density at radius 3 is 1.34 bits per heavy atom. The van der Waals surface area contributed by atoms with Gasteiger partial charge in [0.2, 0.25) is 0 Å². The minimum Gasteiger partial charge on any atom is -0.493 e. The second-order valence-corrected chi connectivity index (χ2v) is 20.9. The number of carbonyl (C=O) groups is 3. The lowest BCUT2D eigenvalue weighted by molar-refractivity contribution is 0.00522. The van der Waals surface area contributed by atoms with E-state index in [1.807, 2.05) is 126 Å². The minimum absolute atomic E-state index is 0.107. The first-order valence-electron chi connectivity index (χ1n) is 30.1. The van der Waals surface area contributed by atoms with E-state index < -0.39 is 5.60 Å². The maximum atomic E-state index is 13.9. The molecule has 8 aromatic carbocycles. The summed E-state index contributed by atoms with van der Waals surface area (Å²) in [6, 6.07) is 53.7. The molecular weight excluding hydrogens is 1130 g/mol. The lowest BCUT2D eigenvalue weighted by Crippen LogP contribution is -2.44. The van der Waals surface area contributed by atoms with Gasteiger partial charge in [0.25, 0.3) is 17.7 Å².